The summed E-state index contributed by atoms with van der Waals surface area (Å²) >= 11 is 9.59. The molecule has 0 radical (unpaired) electrons. The summed E-state index contributed by atoms with van der Waals surface area (Å²) in [5.41, 5.74) is 1.46. The fourth-order valence-electron chi connectivity index (χ4n) is 2.41. The molecule has 2 heterocycles. The molecule has 1 aliphatic carbocycles. The van der Waals surface area contributed by atoms with Crippen molar-refractivity contribution in [1.29, 1.82) is 0 Å². The summed E-state index contributed by atoms with van der Waals surface area (Å²) in [6.45, 7) is 5.22. The van der Waals surface area contributed by atoms with Crippen LogP contribution in [0, 0.1) is 6.92 Å². The van der Waals surface area contributed by atoms with Crippen LogP contribution in [-0.4, -0.2) is 18.0 Å². The summed E-state index contributed by atoms with van der Waals surface area (Å²) < 4.78 is 0.874. The lowest BCUT2D eigenvalue weighted by atomic mass is 10.2. The molecule has 2 aromatic rings. The monoisotopic (exact) mass is 340 g/mol. The zero-order chi connectivity index (χ0) is 14.8. The summed E-state index contributed by atoms with van der Waals surface area (Å²) in [4.78, 5) is 6.58. The van der Waals surface area contributed by atoms with Gasteiger partial charge in [-0.1, -0.05) is 11.6 Å². The Bertz CT molecular complexity index is 601. The van der Waals surface area contributed by atoms with Crippen LogP contribution >= 0.6 is 34.3 Å². The first-order chi connectivity index (χ1) is 10.1. The molecule has 2 aromatic heterocycles. The minimum absolute atomic E-state index is 0.780. The van der Waals surface area contributed by atoms with E-state index < -0.39 is 0 Å². The van der Waals surface area contributed by atoms with E-state index in [-0.39, 0.29) is 0 Å². The molecule has 0 aliphatic heterocycles. The number of nitrogens with zero attached hydrogens (tertiary/aromatic N) is 1. The summed E-state index contributed by atoms with van der Waals surface area (Å²) in [5.74, 6) is 0. The van der Waals surface area contributed by atoms with E-state index in [4.69, 9.17) is 11.6 Å². The average Bonchev–Trinajstić information content (AvgIpc) is 3.08. The van der Waals surface area contributed by atoms with E-state index in [0.29, 0.717) is 0 Å². The first kappa shape index (κ1) is 15.5. The third-order valence-corrected chi connectivity index (χ3v) is 6.02. The van der Waals surface area contributed by atoms with Crippen molar-refractivity contribution < 1.29 is 0 Å². The first-order valence-electron chi connectivity index (χ1n) is 7.34. The molecule has 0 saturated heterocycles. The van der Waals surface area contributed by atoms with Crippen LogP contribution < -0.4 is 5.32 Å². The number of aryl methyl sites for hydroxylation is 1. The highest BCUT2D eigenvalue weighted by Gasteiger charge is 2.20. The number of halogens is 1. The van der Waals surface area contributed by atoms with Crippen LogP contribution in [0.1, 0.15) is 33.0 Å². The standard InChI is InChI=1S/C16H21ClN2S2/c1-11-12(7-15(20-11)8-18-13-3-4-13)9-19(2)10-14-5-6-16(17)21-14/h5-7,13,18H,3-4,8-10H2,1-2H3. The molecular weight excluding hydrogens is 320 g/mol. The quantitative estimate of drug-likeness (QED) is 0.788. The zero-order valence-corrected chi connectivity index (χ0v) is 14.9. The predicted octanol–water partition coefficient (Wildman–Crippen LogP) is 4.66. The van der Waals surface area contributed by atoms with Crippen LogP contribution in [0.3, 0.4) is 0 Å². The lowest BCUT2D eigenvalue weighted by Gasteiger charge is -2.15. The van der Waals surface area contributed by atoms with Crippen molar-refractivity contribution in [1.82, 2.24) is 10.2 Å². The zero-order valence-electron chi connectivity index (χ0n) is 12.5. The Morgan fingerprint density at radius 3 is 2.71 bits per heavy atom. The van der Waals surface area contributed by atoms with Crippen molar-refractivity contribution >= 4 is 34.3 Å². The highest BCUT2D eigenvalue weighted by atomic mass is 35.5. The van der Waals surface area contributed by atoms with Gasteiger partial charge in [0.15, 0.2) is 0 Å². The third-order valence-electron chi connectivity index (χ3n) is 3.71. The molecule has 0 aromatic carbocycles. The van der Waals surface area contributed by atoms with Gasteiger partial charge in [-0.2, -0.15) is 0 Å². The van der Waals surface area contributed by atoms with Crippen molar-refractivity contribution in [3.63, 3.8) is 0 Å². The van der Waals surface area contributed by atoms with Gasteiger partial charge in [0.2, 0.25) is 0 Å². The van der Waals surface area contributed by atoms with Crippen LogP contribution in [-0.2, 0) is 19.6 Å². The summed E-state index contributed by atoms with van der Waals surface area (Å²) in [6, 6.07) is 7.25. The molecule has 114 valence electrons. The highest BCUT2D eigenvalue weighted by molar-refractivity contribution is 7.16. The summed E-state index contributed by atoms with van der Waals surface area (Å²) in [7, 11) is 2.17. The van der Waals surface area contributed by atoms with Gasteiger partial charge in [0.1, 0.15) is 0 Å². The van der Waals surface area contributed by atoms with Crippen LogP contribution in [0.2, 0.25) is 4.34 Å². The molecule has 1 aliphatic rings. The van der Waals surface area contributed by atoms with Gasteiger partial charge in [-0.25, -0.2) is 0 Å². The number of thiophene rings is 2. The molecule has 0 amide bonds. The van der Waals surface area contributed by atoms with E-state index in [2.05, 4.69) is 36.3 Å². The second-order valence-corrected chi connectivity index (χ2v) is 8.97. The van der Waals surface area contributed by atoms with Crippen molar-refractivity contribution in [2.45, 2.75) is 45.4 Å². The topological polar surface area (TPSA) is 15.3 Å². The van der Waals surface area contributed by atoms with E-state index in [1.807, 2.05) is 17.4 Å². The number of hydrogen-bond donors (Lipinski definition) is 1. The highest BCUT2D eigenvalue weighted by Crippen LogP contribution is 2.26. The van der Waals surface area contributed by atoms with Gasteiger partial charge in [-0.3, -0.25) is 4.90 Å². The maximum Gasteiger partial charge on any atom is 0.0931 e. The Labute approximate surface area is 139 Å². The Hall–Kier alpha value is -0.390. The van der Waals surface area contributed by atoms with E-state index in [1.54, 1.807) is 11.3 Å². The maximum atomic E-state index is 5.99. The van der Waals surface area contributed by atoms with Gasteiger partial charge < -0.3 is 5.32 Å². The lowest BCUT2D eigenvalue weighted by Crippen LogP contribution is -2.16. The van der Waals surface area contributed by atoms with Gasteiger partial charge in [-0.15, -0.1) is 22.7 Å². The number of rotatable bonds is 7. The van der Waals surface area contributed by atoms with Gasteiger partial charge in [0.05, 0.1) is 4.34 Å². The van der Waals surface area contributed by atoms with Crippen LogP contribution in [0.4, 0.5) is 0 Å². The normalized spacial score (nSPS) is 15.0. The Morgan fingerprint density at radius 2 is 2.05 bits per heavy atom. The van der Waals surface area contributed by atoms with Gasteiger partial charge in [0.25, 0.3) is 0 Å². The second kappa shape index (κ2) is 6.80. The SMILES string of the molecule is Cc1sc(CNC2CC2)cc1CN(C)Cc1ccc(Cl)s1. The smallest absolute Gasteiger partial charge is 0.0931 e. The molecule has 0 bridgehead atoms. The fourth-order valence-corrected chi connectivity index (χ4v) is 4.59. The maximum absolute atomic E-state index is 5.99. The fraction of sp³-hybridized carbons (Fsp3) is 0.500. The molecule has 2 nitrogen and oxygen atoms in total. The van der Waals surface area contributed by atoms with E-state index in [9.17, 15) is 0 Å². The number of nitrogens with one attached hydrogen (secondary N) is 1. The molecule has 1 saturated carbocycles. The largest absolute Gasteiger partial charge is 0.309 e. The van der Waals surface area contributed by atoms with E-state index in [1.165, 1.54) is 33.0 Å². The van der Waals surface area contributed by atoms with Gasteiger partial charge >= 0.3 is 0 Å². The molecule has 21 heavy (non-hydrogen) atoms. The molecule has 1 fully saturated rings. The van der Waals surface area contributed by atoms with Crippen LogP contribution in [0.15, 0.2) is 18.2 Å². The van der Waals surface area contributed by atoms with Crippen molar-refractivity contribution in [2.75, 3.05) is 7.05 Å². The summed E-state index contributed by atoms with van der Waals surface area (Å²) in [5, 5.41) is 3.59. The molecule has 3 rings (SSSR count). The second-order valence-electron chi connectivity index (χ2n) is 5.83. The van der Waals surface area contributed by atoms with Crippen molar-refractivity contribution in [2.24, 2.45) is 0 Å². The van der Waals surface area contributed by atoms with Crippen LogP contribution in [0.25, 0.3) is 0 Å². The minimum atomic E-state index is 0.780. The predicted molar refractivity (Wildman–Crippen MR) is 93.4 cm³/mol. The van der Waals surface area contributed by atoms with Gasteiger partial charge in [-0.05, 0) is 50.6 Å². The van der Waals surface area contributed by atoms with Crippen molar-refractivity contribution in [3.05, 3.63) is 42.7 Å². The molecular formula is C16H21ClN2S2. The average molecular weight is 341 g/mol. The number of hydrogen-bond acceptors (Lipinski definition) is 4. The molecule has 0 unspecified atom stereocenters. The molecule has 0 spiro atoms. The third kappa shape index (κ3) is 4.54. The molecule has 5 heteroatoms. The van der Waals surface area contributed by atoms with E-state index in [0.717, 1.165) is 30.0 Å². The van der Waals surface area contributed by atoms with Gasteiger partial charge in [0, 0.05) is 40.3 Å². The lowest BCUT2D eigenvalue weighted by molar-refractivity contribution is 0.322. The van der Waals surface area contributed by atoms with Crippen molar-refractivity contribution in [3.8, 4) is 0 Å². The molecule has 0 atom stereocenters. The summed E-state index contributed by atoms with van der Waals surface area (Å²) in [6.07, 6.45) is 2.70. The van der Waals surface area contributed by atoms with Crippen LogP contribution in [0.5, 0.6) is 0 Å². The van der Waals surface area contributed by atoms with E-state index >= 15 is 0 Å². The molecule has 1 N–H and O–H groups in total. The Kier molecular flexibility index (Phi) is 5.02. The Morgan fingerprint density at radius 1 is 1.24 bits per heavy atom. The first-order valence-corrected chi connectivity index (χ1v) is 9.35. The Balaban J connectivity index is 1.55. The minimum Gasteiger partial charge on any atom is -0.309 e.